The van der Waals surface area contributed by atoms with E-state index in [1.807, 2.05) is 67.6 Å². The molecule has 0 N–H and O–H groups in total. The number of amides is 1. The Hall–Kier alpha value is -3.12. The van der Waals surface area contributed by atoms with Crippen molar-refractivity contribution in [1.82, 2.24) is 4.31 Å². The highest BCUT2D eigenvalue weighted by atomic mass is 32.2. The van der Waals surface area contributed by atoms with Gasteiger partial charge in [0.25, 0.3) is 5.91 Å². The topological polar surface area (TPSA) is 57.7 Å². The van der Waals surface area contributed by atoms with Gasteiger partial charge in [0, 0.05) is 0 Å². The summed E-state index contributed by atoms with van der Waals surface area (Å²) in [5.74, 6) is -0.497. The Morgan fingerprint density at radius 1 is 0.828 bits per heavy atom. The third-order valence-electron chi connectivity index (χ3n) is 5.15. The van der Waals surface area contributed by atoms with Crippen molar-refractivity contribution in [1.29, 1.82) is 0 Å². The lowest BCUT2D eigenvalue weighted by molar-refractivity contribution is 0.0850. The van der Waals surface area contributed by atoms with Crippen LogP contribution in [0, 0.1) is 0 Å². The number of carbonyl (C=O) groups excluding carboxylic acids is 1. The fourth-order valence-electron chi connectivity index (χ4n) is 3.76. The molecule has 3 aromatic rings. The standard InChI is InChI=1S/C23H22N2O3S/c1-2-21(19-13-7-4-8-14-19)25-22-16-10-9-15-20(22)23(26)24(29(25,27)28)17-18-11-5-3-6-12-18/h3-16,21H,2,17H2,1H3. The van der Waals surface area contributed by atoms with Gasteiger partial charge in [0.1, 0.15) is 0 Å². The monoisotopic (exact) mass is 406 g/mol. The summed E-state index contributed by atoms with van der Waals surface area (Å²) >= 11 is 0. The van der Waals surface area contributed by atoms with E-state index in [0.29, 0.717) is 17.7 Å². The van der Waals surface area contributed by atoms with Crippen molar-refractivity contribution in [2.24, 2.45) is 0 Å². The molecule has 6 heteroatoms. The van der Waals surface area contributed by atoms with E-state index in [4.69, 9.17) is 0 Å². The largest absolute Gasteiger partial charge is 0.329 e. The highest BCUT2D eigenvalue weighted by Crippen LogP contribution is 2.40. The van der Waals surface area contributed by atoms with Crippen LogP contribution in [0.25, 0.3) is 0 Å². The minimum absolute atomic E-state index is 0.00192. The predicted molar refractivity (Wildman–Crippen MR) is 114 cm³/mol. The summed E-state index contributed by atoms with van der Waals surface area (Å²) in [7, 11) is -4.07. The van der Waals surface area contributed by atoms with Crippen molar-refractivity contribution < 1.29 is 13.2 Å². The van der Waals surface area contributed by atoms with Crippen molar-refractivity contribution in [3.8, 4) is 0 Å². The number of carbonyl (C=O) groups is 1. The molecular weight excluding hydrogens is 384 g/mol. The Morgan fingerprint density at radius 3 is 2.07 bits per heavy atom. The molecule has 3 aromatic carbocycles. The van der Waals surface area contributed by atoms with E-state index in [2.05, 4.69) is 0 Å². The van der Waals surface area contributed by atoms with Crippen molar-refractivity contribution in [3.05, 3.63) is 102 Å². The molecule has 0 saturated carbocycles. The van der Waals surface area contributed by atoms with Gasteiger partial charge in [-0.15, -0.1) is 0 Å². The molecular formula is C23H22N2O3S. The Bertz CT molecular complexity index is 1120. The van der Waals surface area contributed by atoms with Crippen molar-refractivity contribution in [2.45, 2.75) is 25.9 Å². The summed E-state index contributed by atoms with van der Waals surface area (Å²) < 4.78 is 29.8. The molecule has 1 aliphatic rings. The molecule has 1 heterocycles. The van der Waals surface area contributed by atoms with Crippen LogP contribution >= 0.6 is 0 Å². The molecule has 148 valence electrons. The lowest BCUT2D eigenvalue weighted by Gasteiger charge is -2.41. The maximum atomic E-state index is 13.7. The molecule has 0 bridgehead atoms. The fraction of sp³-hybridized carbons (Fsp3) is 0.174. The summed E-state index contributed by atoms with van der Waals surface area (Å²) in [6.07, 6.45) is 0.574. The first-order chi connectivity index (χ1) is 14.0. The first-order valence-electron chi connectivity index (χ1n) is 9.58. The van der Waals surface area contributed by atoms with Gasteiger partial charge in [-0.05, 0) is 29.7 Å². The Kier molecular flexibility index (Phi) is 5.11. The third-order valence-corrected chi connectivity index (χ3v) is 6.95. The molecule has 1 unspecified atom stereocenters. The molecule has 5 nitrogen and oxygen atoms in total. The summed E-state index contributed by atoms with van der Waals surface area (Å²) in [6.45, 7) is 1.95. The second-order valence-electron chi connectivity index (χ2n) is 6.95. The van der Waals surface area contributed by atoms with Crippen LogP contribution in [0.3, 0.4) is 0 Å². The van der Waals surface area contributed by atoms with E-state index in [0.717, 1.165) is 15.4 Å². The normalized spacial score (nSPS) is 16.4. The first-order valence-corrected chi connectivity index (χ1v) is 11.0. The SMILES string of the molecule is CCC(c1ccccc1)N1c2ccccc2C(=O)N(Cc2ccccc2)S1(=O)=O. The van der Waals surface area contributed by atoms with Crippen LogP contribution in [0.5, 0.6) is 0 Å². The zero-order valence-corrected chi connectivity index (χ0v) is 16.9. The van der Waals surface area contributed by atoms with Crippen LogP contribution < -0.4 is 4.31 Å². The van der Waals surface area contributed by atoms with E-state index in [1.54, 1.807) is 24.3 Å². The number of para-hydroxylation sites is 1. The first kappa shape index (κ1) is 19.2. The number of fused-ring (bicyclic) bond motifs is 1. The Morgan fingerprint density at radius 2 is 1.41 bits per heavy atom. The van der Waals surface area contributed by atoms with Gasteiger partial charge in [0.05, 0.1) is 23.8 Å². The summed E-state index contributed by atoms with van der Waals surface area (Å²) in [5.41, 5.74) is 2.48. The minimum Gasteiger partial charge on any atom is -0.268 e. The molecule has 4 rings (SSSR count). The summed E-state index contributed by atoms with van der Waals surface area (Å²) in [6, 6.07) is 25.2. The maximum absolute atomic E-state index is 13.7. The molecule has 0 spiro atoms. The number of anilines is 1. The molecule has 1 atom stereocenters. The molecule has 1 aliphatic heterocycles. The number of benzene rings is 3. The van der Waals surface area contributed by atoms with Crippen LogP contribution in [0.1, 0.15) is 40.9 Å². The zero-order valence-electron chi connectivity index (χ0n) is 16.1. The lowest BCUT2D eigenvalue weighted by Crippen LogP contribution is -2.52. The molecule has 0 aromatic heterocycles. The fourth-order valence-corrected chi connectivity index (χ4v) is 5.59. The smallest absolute Gasteiger partial charge is 0.268 e. The zero-order chi connectivity index (χ0) is 20.4. The van der Waals surface area contributed by atoms with Crippen molar-refractivity contribution in [3.63, 3.8) is 0 Å². The van der Waals surface area contributed by atoms with Gasteiger partial charge in [0.2, 0.25) is 0 Å². The van der Waals surface area contributed by atoms with Crippen molar-refractivity contribution >= 4 is 21.8 Å². The molecule has 0 radical (unpaired) electrons. The van der Waals surface area contributed by atoms with Gasteiger partial charge in [-0.25, -0.2) is 8.61 Å². The number of hydrogen-bond acceptors (Lipinski definition) is 3. The average Bonchev–Trinajstić information content (AvgIpc) is 2.75. The van der Waals surface area contributed by atoms with Crippen LogP contribution in [-0.4, -0.2) is 18.6 Å². The van der Waals surface area contributed by atoms with Gasteiger partial charge >= 0.3 is 10.2 Å². The number of rotatable bonds is 5. The van der Waals surface area contributed by atoms with Crippen molar-refractivity contribution in [2.75, 3.05) is 4.31 Å². The second kappa shape index (κ2) is 7.72. The summed E-state index contributed by atoms with van der Waals surface area (Å²) in [5, 5.41) is 0. The predicted octanol–water partition coefficient (Wildman–Crippen LogP) is 4.55. The molecule has 0 aliphatic carbocycles. The highest BCUT2D eigenvalue weighted by Gasteiger charge is 2.44. The van der Waals surface area contributed by atoms with Crippen LogP contribution in [0.15, 0.2) is 84.9 Å². The minimum atomic E-state index is -4.07. The molecule has 0 fully saturated rings. The number of hydrogen-bond donors (Lipinski definition) is 0. The Balaban J connectivity index is 1.87. The second-order valence-corrected chi connectivity index (χ2v) is 8.68. The van der Waals surface area contributed by atoms with Crippen LogP contribution in [0.4, 0.5) is 5.69 Å². The van der Waals surface area contributed by atoms with Crippen LogP contribution in [-0.2, 0) is 16.8 Å². The van der Waals surface area contributed by atoms with Crippen LogP contribution in [0.2, 0.25) is 0 Å². The maximum Gasteiger partial charge on any atom is 0.329 e. The van der Waals surface area contributed by atoms with E-state index < -0.39 is 22.2 Å². The van der Waals surface area contributed by atoms with E-state index in [9.17, 15) is 13.2 Å². The highest BCUT2D eigenvalue weighted by molar-refractivity contribution is 7.91. The molecule has 29 heavy (non-hydrogen) atoms. The number of nitrogens with zero attached hydrogens (tertiary/aromatic N) is 2. The molecule has 1 amide bonds. The van der Waals surface area contributed by atoms with Gasteiger partial charge < -0.3 is 0 Å². The van der Waals surface area contributed by atoms with Gasteiger partial charge in [-0.3, -0.25) is 4.79 Å². The van der Waals surface area contributed by atoms with Gasteiger partial charge in [-0.1, -0.05) is 79.7 Å². The van der Waals surface area contributed by atoms with Gasteiger partial charge in [0.15, 0.2) is 0 Å². The summed E-state index contributed by atoms with van der Waals surface area (Å²) in [4.78, 5) is 13.1. The van der Waals surface area contributed by atoms with E-state index >= 15 is 0 Å². The Labute approximate surface area is 171 Å². The third kappa shape index (κ3) is 3.40. The van der Waals surface area contributed by atoms with Gasteiger partial charge in [-0.2, -0.15) is 8.42 Å². The van der Waals surface area contributed by atoms with E-state index in [1.165, 1.54) is 4.31 Å². The average molecular weight is 407 g/mol. The lowest BCUT2D eigenvalue weighted by atomic mass is 10.0. The quantitative estimate of drug-likeness (QED) is 0.625. The van der Waals surface area contributed by atoms with E-state index in [-0.39, 0.29) is 6.54 Å². The molecule has 0 saturated heterocycles.